The Kier molecular flexibility index (Phi) is 2.87. The fourth-order valence-electron chi connectivity index (χ4n) is 1.94. The van der Waals surface area contributed by atoms with Gasteiger partial charge in [-0.15, -0.1) is 0 Å². The van der Waals surface area contributed by atoms with Crippen LogP contribution in [0.3, 0.4) is 0 Å². The van der Waals surface area contributed by atoms with Gasteiger partial charge in [0.15, 0.2) is 0 Å². The number of halogens is 1. The Hall–Kier alpha value is -2.43. The second kappa shape index (κ2) is 4.68. The number of nitrogens with one attached hydrogen (secondary N) is 1. The summed E-state index contributed by atoms with van der Waals surface area (Å²) in [5, 5.41) is 8.22. The summed E-state index contributed by atoms with van der Waals surface area (Å²) in [4.78, 5) is 4.38. The number of hydrogen-bond acceptors (Lipinski definition) is 3. The molecule has 0 bridgehead atoms. The van der Waals surface area contributed by atoms with Gasteiger partial charge in [-0.2, -0.15) is 5.10 Å². The summed E-state index contributed by atoms with van der Waals surface area (Å²) in [6.07, 6.45) is 3.74. The Balaban J connectivity index is 1.81. The van der Waals surface area contributed by atoms with Crippen LogP contribution in [0.25, 0.3) is 10.9 Å². The Morgan fingerprint density at radius 3 is 2.89 bits per heavy atom. The van der Waals surface area contributed by atoms with Gasteiger partial charge in [0.1, 0.15) is 11.6 Å². The van der Waals surface area contributed by atoms with Crippen molar-refractivity contribution in [1.82, 2.24) is 14.8 Å². The minimum absolute atomic E-state index is 0.274. The smallest absolute Gasteiger partial charge is 0.126 e. The van der Waals surface area contributed by atoms with Crippen molar-refractivity contribution in [1.29, 1.82) is 0 Å². The highest BCUT2D eigenvalue weighted by molar-refractivity contribution is 5.80. The molecule has 0 saturated heterocycles. The lowest BCUT2D eigenvalue weighted by Gasteiger charge is -2.05. The Labute approximate surface area is 109 Å². The number of fused-ring (bicyclic) bond motifs is 1. The maximum atomic E-state index is 13.2. The predicted molar refractivity (Wildman–Crippen MR) is 72.2 cm³/mol. The van der Waals surface area contributed by atoms with Crippen molar-refractivity contribution in [2.24, 2.45) is 7.05 Å². The quantitative estimate of drug-likeness (QED) is 0.783. The van der Waals surface area contributed by atoms with Crippen LogP contribution in [0.4, 0.5) is 10.2 Å². The molecule has 3 rings (SSSR count). The van der Waals surface area contributed by atoms with Crippen molar-refractivity contribution in [3.05, 3.63) is 54.1 Å². The van der Waals surface area contributed by atoms with Crippen LogP contribution in [0.5, 0.6) is 0 Å². The van der Waals surface area contributed by atoms with E-state index in [-0.39, 0.29) is 5.82 Å². The van der Waals surface area contributed by atoms with Crippen LogP contribution in [0.2, 0.25) is 0 Å². The summed E-state index contributed by atoms with van der Waals surface area (Å²) < 4.78 is 14.9. The van der Waals surface area contributed by atoms with E-state index in [1.54, 1.807) is 16.9 Å². The molecular weight excluding hydrogens is 243 g/mol. The van der Waals surface area contributed by atoms with E-state index in [2.05, 4.69) is 15.4 Å². The minimum atomic E-state index is -0.274. The molecule has 1 N–H and O–H groups in total. The summed E-state index contributed by atoms with van der Waals surface area (Å²) in [6, 6.07) is 8.41. The van der Waals surface area contributed by atoms with Crippen molar-refractivity contribution in [2.75, 3.05) is 5.32 Å². The van der Waals surface area contributed by atoms with E-state index < -0.39 is 0 Å². The van der Waals surface area contributed by atoms with E-state index >= 15 is 0 Å². The molecule has 0 radical (unpaired) electrons. The van der Waals surface area contributed by atoms with E-state index in [1.807, 2.05) is 25.4 Å². The van der Waals surface area contributed by atoms with Crippen LogP contribution >= 0.6 is 0 Å². The third kappa shape index (κ3) is 2.54. The molecule has 0 atom stereocenters. The van der Waals surface area contributed by atoms with Crippen LogP contribution in [0.15, 0.2) is 42.7 Å². The molecule has 2 heterocycles. The second-order valence-corrected chi connectivity index (χ2v) is 4.41. The molecule has 0 aliphatic rings. The first-order chi connectivity index (χ1) is 9.20. The number of nitrogens with zero attached hydrogens (tertiary/aromatic N) is 3. The molecule has 2 aromatic heterocycles. The Bertz CT molecular complexity index is 720. The van der Waals surface area contributed by atoms with Gasteiger partial charge in [0.2, 0.25) is 0 Å². The molecule has 1 aromatic carbocycles. The first kappa shape index (κ1) is 11.6. The van der Waals surface area contributed by atoms with Gasteiger partial charge in [-0.3, -0.25) is 4.68 Å². The lowest BCUT2D eigenvalue weighted by atomic mass is 10.2. The maximum absolute atomic E-state index is 13.2. The number of benzene rings is 1. The lowest BCUT2D eigenvalue weighted by Crippen LogP contribution is -2.00. The molecule has 3 aromatic rings. The summed E-state index contributed by atoms with van der Waals surface area (Å²) in [5.41, 5.74) is 1.72. The van der Waals surface area contributed by atoms with E-state index in [0.29, 0.717) is 12.1 Å². The highest BCUT2D eigenvalue weighted by Crippen LogP contribution is 2.16. The predicted octanol–water partition coefficient (Wildman–Crippen LogP) is 2.72. The first-order valence-corrected chi connectivity index (χ1v) is 5.98. The van der Waals surface area contributed by atoms with Gasteiger partial charge in [0, 0.05) is 36.8 Å². The summed E-state index contributed by atoms with van der Waals surface area (Å²) in [6.45, 7) is 0.641. The van der Waals surface area contributed by atoms with Crippen LogP contribution < -0.4 is 5.32 Å². The number of rotatable bonds is 3. The van der Waals surface area contributed by atoms with E-state index in [0.717, 1.165) is 16.8 Å². The zero-order valence-corrected chi connectivity index (χ0v) is 10.5. The summed E-state index contributed by atoms with van der Waals surface area (Å²) >= 11 is 0. The SMILES string of the molecule is Cn1cc(CNc2ccc3ccc(F)cc3n2)cn1. The number of pyridine rings is 1. The lowest BCUT2D eigenvalue weighted by molar-refractivity contribution is 0.629. The third-order valence-corrected chi connectivity index (χ3v) is 2.89. The average Bonchev–Trinajstić information content (AvgIpc) is 2.81. The second-order valence-electron chi connectivity index (χ2n) is 4.41. The third-order valence-electron chi connectivity index (χ3n) is 2.89. The Morgan fingerprint density at radius 2 is 2.11 bits per heavy atom. The summed E-state index contributed by atoms with van der Waals surface area (Å²) in [7, 11) is 1.88. The average molecular weight is 256 g/mol. The van der Waals surface area contributed by atoms with E-state index in [9.17, 15) is 4.39 Å². The molecule has 4 nitrogen and oxygen atoms in total. The monoisotopic (exact) mass is 256 g/mol. The fourth-order valence-corrected chi connectivity index (χ4v) is 1.94. The maximum Gasteiger partial charge on any atom is 0.126 e. The number of anilines is 1. The molecule has 19 heavy (non-hydrogen) atoms. The molecular formula is C14H13FN4. The first-order valence-electron chi connectivity index (χ1n) is 5.98. The highest BCUT2D eigenvalue weighted by Gasteiger charge is 2.01. The van der Waals surface area contributed by atoms with E-state index in [1.165, 1.54) is 12.1 Å². The van der Waals surface area contributed by atoms with E-state index in [4.69, 9.17) is 0 Å². The highest BCUT2D eigenvalue weighted by atomic mass is 19.1. The molecule has 0 unspecified atom stereocenters. The van der Waals surface area contributed by atoms with Crippen molar-refractivity contribution >= 4 is 16.7 Å². The zero-order valence-electron chi connectivity index (χ0n) is 10.5. The van der Waals surface area contributed by atoms with Gasteiger partial charge in [-0.25, -0.2) is 9.37 Å². The Morgan fingerprint density at radius 1 is 1.26 bits per heavy atom. The van der Waals surface area contributed by atoms with Gasteiger partial charge in [-0.05, 0) is 24.3 Å². The van der Waals surface area contributed by atoms with Gasteiger partial charge < -0.3 is 5.32 Å². The van der Waals surface area contributed by atoms with Crippen LogP contribution in [0.1, 0.15) is 5.56 Å². The molecule has 0 aliphatic heterocycles. The number of aromatic nitrogens is 3. The molecule has 0 spiro atoms. The van der Waals surface area contributed by atoms with Gasteiger partial charge in [-0.1, -0.05) is 0 Å². The largest absolute Gasteiger partial charge is 0.366 e. The van der Waals surface area contributed by atoms with Crippen molar-refractivity contribution < 1.29 is 4.39 Å². The molecule has 0 aliphatic carbocycles. The van der Waals surface area contributed by atoms with Crippen molar-refractivity contribution in [3.63, 3.8) is 0 Å². The molecule has 0 amide bonds. The zero-order chi connectivity index (χ0) is 13.2. The van der Waals surface area contributed by atoms with Gasteiger partial charge in [0.25, 0.3) is 0 Å². The normalized spacial score (nSPS) is 10.8. The molecule has 5 heteroatoms. The topological polar surface area (TPSA) is 42.7 Å². The van der Waals surface area contributed by atoms with Gasteiger partial charge >= 0.3 is 0 Å². The van der Waals surface area contributed by atoms with Crippen LogP contribution in [-0.2, 0) is 13.6 Å². The minimum Gasteiger partial charge on any atom is -0.366 e. The molecule has 96 valence electrons. The van der Waals surface area contributed by atoms with Crippen molar-refractivity contribution in [3.8, 4) is 0 Å². The van der Waals surface area contributed by atoms with Gasteiger partial charge in [0.05, 0.1) is 11.7 Å². The number of aryl methyl sites for hydroxylation is 1. The molecule has 0 fully saturated rings. The van der Waals surface area contributed by atoms with Crippen LogP contribution in [0, 0.1) is 5.82 Å². The number of hydrogen-bond donors (Lipinski definition) is 1. The fraction of sp³-hybridized carbons (Fsp3) is 0.143. The van der Waals surface area contributed by atoms with Crippen LogP contribution in [-0.4, -0.2) is 14.8 Å². The van der Waals surface area contributed by atoms with Crippen molar-refractivity contribution in [2.45, 2.75) is 6.54 Å². The molecule has 0 saturated carbocycles. The summed E-state index contributed by atoms with van der Waals surface area (Å²) in [5.74, 6) is 0.450. The standard InChI is InChI=1S/C14H13FN4/c1-19-9-10(8-17-19)7-16-14-5-3-11-2-4-12(15)6-13(11)18-14/h2-6,8-9H,7H2,1H3,(H,16,18).